The standard InChI is InChI=1S/C16H19N3O2.C4H4O4/c20-19-16(12-3-4-12)13-5-7-15(8-6-13)21-9-1-2-14-10-17-11-18-14;5-3(6)1-2-4(7)8/h5-8,10-12,20H,1-4,9H2,(H,17,18);1-2H,(H,5,6)(H,7,8)/b19-16+;2-1-. The summed E-state index contributed by atoms with van der Waals surface area (Å²) in [5.74, 6) is -1.24. The highest BCUT2D eigenvalue weighted by Gasteiger charge is 2.29. The number of carboxylic acids is 2. The molecule has 3 rings (SSSR count). The van der Waals surface area contributed by atoms with Crippen LogP contribution in [-0.2, 0) is 16.0 Å². The number of ether oxygens (including phenoxy) is 1. The van der Waals surface area contributed by atoms with Gasteiger partial charge < -0.3 is 25.1 Å². The van der Waals surface area contributed by atoms with Gasteiger partial charge in [-0.1, -0.05) is 5.16 Å². The van der Waals surface area contributed by atoms with Crippen LogP contribution < -0.4 is 4.74 Å². The van der Waals surface area contributed by atoms with Crippen molar-refractivity contribution in [1.29, 1.82) is 0 Å². The Morgan fingerprint density at radius 3 is 2.31 bits per heavy atom. The number of hydrogen-bond acceptors (Lipinski definition) is 6. The molecule has 0 radical (unpaired) electrons. The Labute approximate surface area is 167 Å². The quantitative estimate of drug-likeness (QED) is 0.166. The van der Waals surface area contributed by atoms with Crippen molar-refractivity contribution in [1.82, 2.24) is 9.97 Å². The summed E-state index contributed by atoms with van der Waals surface area (Å²) in [5.41, 5.74) is 2.90. The summed E-state index contributed by atoms with van der Waals surface area (Å²) in [7, 11) is 0. The first-order valence-corrected chi connectivity index (χ1v) is 9.06. The molecule has 0 saturated heterocycles. The molecule has 0 bridgehead atoms. The van der Waals surface area contributed by atoms with Crippen LogP contribution in [0.1, 0.15) is 30.5 Å². The van der Waals surface area contributed by atoms with Crippen molar-refractivity contribution in [3.63, 3.8) is 0 Å². The minimum Gasteiger partial charge on any atom is -0.494 e. The van der Waals surface area contributed by atoms with Crippen LogP contribution in [-0.4, -0.2) is 49.6 Å². The van der Waals surface area contributed by atoms with Crippen molar-refractivity contribution >= 4 is 17.7 Å². The Bertz CT molecular complexity index is 824. The van der Waals surface area contributed by atoms with E-state index in [9.17, 15) is 9.59 Å². The summed E-state index contributed by atoms with van der Waals surface area (Å²) in [6.07, 6.45) is 8.75. The van der Waals surface area contributed by atoms with Gasteiger partial charge in [-0.25, -0.2) is 14.6 Å². The molecule has 0 aliphatic heterocycles. The van der Waals surface area contributed by atoms with Crippen molar-refractivity contribution < 1.29 is 29.7 Å². The number of carboxylic acid groups (broad SMARTS) is 2. The minimum absolute atomic E-state index is 0.427. The average Bonchev–Trinajstić information content (AvgIpc) is 3.40. The first kappa shape index (κ1) is 21.7. The fourth-order valence-corrected chi connectivity index (χ4v) is 2.47. The smallest absolute Gasteiger partial charge is 0.328 e. The second kappa shape index (κ2) is 11.3. The number of H-pyrrole nitrogens is 1. The fraction of sp³-hybridized carbons (Fsp3) is 0.300. The van der Waals surface area contributed by atoms with Crippen LogP contribution in [0.5, 0.6) is 5.75 Å². The monoisotopic (exact) mass is 401 g/mol. The molecular weight excluding hydrogens is 378 g/mol. The molecule has 0 unspecified atom stereocenters. The van der Waals surface area contributed by atoms with E-state index in [-0.39, 0.29) is 0 Å². The summed E-state index contributed by atoms with van der Waals surface area (Å²) in [6, 6.07) is 7.77. The minimum atomic E-state index is -1.26. The summed E-state index contributed by atoms with van der Waals surface area (Å²) < 4.78 is 5.71. The van der Waals surface area contributed by atoms with E-state index in [0.717, 1.165) is 48.4 Å². The summed E-state index contributed by atoms with van der Waals surface area (Å²) in [4.78, 5) is 26.2. The third-order valence-corrected chi connectivity index (χ3v) is 4.00. The molecule has 0 atom stereocenters. The number of nitrogens with one attached hydrogen (secondary N) is 1. The zero-order valence-corrected chi connectivity index (χ0v) is 15.7. The van der Waals surface area contributed by atoms with Gasteiger partial charge in [-0.05, 0) is 55.5 Å². The lowest BCUT2D eigenvalue weighted by atomic mass is 10.1. The number of imidazole rings is 1. The van der Waals surface area contributed by atoms with Gasteiger partial charge in [0.05, 0.1) is 18.6 Å². The van der Waals surface area contributed by atoms with E-state index < -0.39 is 11.9 Å². The molecule has 9 heteroatoms. The molecule has 1 aromatic heterocycles. The van der Waals surface area contributed by atoms with Crippen molar-refractivity contribution in [3.05, 3.63) is 60.2 Å². The van der Waals surface area contributed by atoms with Crippen molar-refractivity contribution in [3.8, 4) is 5.75 Å². The number of hydrogen-bond donors (Lipinski definition) is 4. The Morgan fingerprint density at radius 1 is 1.17 bits per heavy atom. The Morgan fingerprint density at radius 2 is 1.83 bits per heavy atom. The largest absolute Gasteiger partial charge is 0.494 e. The van der Waals surface area contributed by atoms with Gasteiger partial charge in [0, 0.05) is 30.0 Å². The molecule has 1 heterocycles. The number of aryl methyl sites for hydroxylation is 1. The van der Waals surface area contributed by atoms with E-state index in [2.05, 4.69) is 15.1 Å². The lowest BCUT2D eigenvalue weighted by Crippen LogP contribution is -2.04. The average molecular weight is 401 g/mol. The topological polar surface area (TPSA) is 145 Å². The van der Waals surface area contributed by atoms with Crippen LogP contribution in [0.2, 0.25) is 0 Å². The van der Waals surface area contributed by atoms with E-state index in [1.165, 1.54) is 0 Å². The summed E-state index contributed by atoms with van der Waals surface area (Å²) >= 11 is 0. The zero-order valence-electron chi connectivity index (χ0n) is 15.7. The van der Waals surface area contributed by atoms with Crippen LogP contribution >= 0.6 is 0 Å². The van der Waals surface area contributed by atoms with Gasteiger partial charge >= 0.3 is 11.9 Å². The second-order valence-electron chi connectivity index (χ2n) is 6.32. The zero-order chi connectivity index (χ0) is 21.1. The van der Waals surface area contributed by atoms with Crippen molar-refractivity contribution in [2.24, 2.45) is 11.1 Å². The van der Waals surface area contributed by atoms with Crippen LogP contribution in [0, 0.1) is 5.92 Å². The molecule has 1 fully saturated rings. The highest BCUT2D eigenvalue weighted by Crippen LogP contribution is 2.33. The molecule has 4 N–H and O–H groups in total. The van der Waals surface area contributed by atoms with E-state index in [1.807, 2.05) is 30.5 Å². The predicted octanol–water partition coefficient (Wildman–Crippen LogP) is 2.72. The normalized spacial score (nSPS) is 13.6. The van der Waals surface area contributed by atoms with E-state index in [0.29, 0.717) is 24.7 Å². The van der Waals surface area contributed by atoms with Gasteiger partial charge in [-0.15, -0.1) is 0 Å². The van der Waals surface area contributed by atoms with Crippen LogP contribution in [0.15, 0.2) is 54.1 Å². The number of aliphatic carboxylic acids is 2. The van der Waals surface area contributed by atoms with E-state index in [1.54, 1.807) is 6.33 Å². The molecule has 29 heavy (non-hydrogen) atoms. The third-order valence-electron chi connectivity index (χ3n) is 4.00. The van der Waals surface area contributed by atoms with Crippen molar-refractivity contribution in [2.75, 3.05) is 6.61 Å². The van der Waals surface area contributed by atoms with Gasteiger partial charge in [-0.3, -0.25) is 0 Å². The van der Waals surface area contributed by atoms with E-state index in [4.69, 9.17) is 20.2 Å². The molecule has 2 aromatic rings. The molecule has 1 saturated carbocycles. The maximum Gasteiger partial charge on any atom is 0.328 e. The second-order valence-corrected chi connectivity index (χ2v) is 6.32. The van der Waals surface area contributed by atoms with Crippen LogP contribution in [0.3, 0.4) is 0 Å². The number of nitrogens with zero attached hydrogens (tertiary/aromatic N) is 2. The lowest BCUT2D eigenvalue weighted by Gasteiger charge is -2.07. The first-order valence-electron chi connectivity index (χ1n) is 9.06. The molecule has 0 spiro atoms. The molecular formula is C20H23N3O6. The molecule has 154 valence electrons. The van der Waals surface area contributed by atoms with Crippen molar-refractivity contribution in [2.45, 2.75) is 25.7 Å². The number of aromatic amines is 1. The summed E-state index contributed by atoms with van der Waals surface area (Å²) in [6.45, 7) is 0.669. The van der Waals surface area contributed by atoms with Gasteiger partial charge in [0.1, 0.15) is 5.75 Å². The van der Waals surface area contributed by atoms with E-state index >= 15 is 0 Å². The molecule has 1 aromatic carbocycles. The highest BCUT2D eigenvalue weighted by atomic mass is 16.5. The van der Waals surface area contributed by atoms with Gasteiger partial charge in [0.2, 0.25) is 0 Å². The first-order chi connectivity index (χ1) is 14.0. The molecule has 9 nitrogen and oxygen atoms in total. The third kappa shape index (κ3) is 8.29. The van der Waals surface area contributed by atoms with Crippen LogP contribution in [0.4, 0.5) is 0 Å². The predicted molar refractivity (Wildman–Crippen MR) is 104 cm³/mol. The summed E-state index contributed by atoms with van der Waals surface area (Å²) in [5, 5.41) is 28.1. The number of carbonyl (C=O) groups is 2. The maximum atomic E-state index is 9.55. The number of oxime groups is 1. The molecule has 0 amide bonds. The number of benzene rings is 1. The molecule has 1 aliphatic rings. The number of aromatic nitrogens is 2. The van der Waals surface area contributed by atoms with Gasteiger partial charge in [-0.2, -0.15) is 0 Å². The van der Waals surface area contributed by atoms with Gasteiger partial charge in [0.15, 0.2) is 0 Å². The maximum absolute atomic E-state index is 9.55. The Balaban J connectivity index is 0.000000321. The Hall–Kier alpha value is -3.62. The fourth-order valence-electron chi connectivity index (χ4n) is 2.47. The lowest BCUT2D eigenvalue weighted by molar-refractivity contribution is -0.134. The molecule has 1 aliphatic carbocycles. The highest BCUT2D eigenvalue weighted by molar-refractivity contribution is 6.03. The Kier molecular flexibility index (Phi) is 8.43. The SMILES string of the molecule is O/N=C(/c1ccc(OCCCc2cnc[nH]2)cc1)C1CC1.O=C(O)/C=C\C(=O)O. The van der Waals surface area contributed by atoms with Crippen LogP contribution in [0.25, 0.3) is 0 Å². The number of rotatable bonds is 9. The van der Waals surface area contributed by atoms with Gasteiger partial charge in [0.25, 0.3) is 0 Å².